The Morgan fingerprint density at radius 2 is 1.24 bits per heavy atom. The summed E-state index contributed by atoms with van der Waals surface area (Å²) in [4.78, 5) is 0. The van der Waals surface area contributed by atoms with Crippen molar-refractivity contribution in [1.82, 2.24) is 5.32 Å². The minimum Gasteiger partial charge on any atom is -0.311 e. The fourth-order valence-corrected chi connectivity index (χ4v) is 1.95. The monoisotopic (exact) mass is 253 g/mol. The molecule has 0 amide bonds. The lowest BCUT2D eigenvalue weighted by molar-refractivity contribution is -0.210. The molecule has 0 aliphatic carbocycles. The van der Waals surface area contributed by atoms with E-state index in [1.54, 1.807) is 0 Å². The van der Waals surface area contributed by atoms with E-state index in [0.29, 0.717) is 0 Å². The molecular formula is C13H26F3N. The largest absolute Gasteiger partial charge is 0.395 e. The van der Waals surface area contributed by atoms with Gasteiger partial charge in [-0.05, 0) is 39.5 Å². The van der Waals surface area contributed by atoms with Gasteiger partial charge in [-0.2, -0.15) is 13.2 Å². The highest BCUT2D eigenvalue weighted by molar-refractivity contribution is 4.88. The Morgan fingerprint density at radius 1 is 0.824 bits per heavy atom. The number of rotatable bonds is 4. The molecule has 0 unspecified atom stereocenters. The Labute approximate surface area is 103 Å². The molecule has 0 aliphatic rings. The Kier molecular flexibility index (Phi) is 4.72. The highest BCUT2D eigenvalue weighted by Gasteiger charge is 2.47. The molecule has 0 aromatic heterocycles. The van der Waals surface area contributed by atoms with Crippen LogP contribution in [0, 0.1) is 10.8 Å². The van der Waals surface area contributed by atoms with Gasteiger partial charge in [-0.15, -0.1) is 0 Å². The summed E-state index contributed by atoms with van der Waals surface area (Å²) in [5, 5.41) is 3.04. The molecule has 1 nitrogen and oxygen atoms in total. The first-order valence-corrected chi connectivity index (χ1v) is 5.98. The van der Waals surface area contributed by atoms with Gasteiger partial charge < -0.3 is 5.32 Å². The molecular weight excluding hydrogens is 227 g/mol. The summed E-state index contributed by atoms with van der Waals surface area (Å²) < 4.78 is 38.1. The van der Waals surface area contributed by atoms with Gasteiger partial charge in [0.25, 0.3) is 0 Å². The summed E-state index contributed by atoms with van der Waals surface area (Å²) in [6.45, 7) is 12.6. The van der Waals surface area contributed by atoms with Crippen molar-refractivity contribution in [3.63, 3.8) is 0 Å². The second-order valence-electron chi connectivity index (χ2n) is 7.36. The van der Waals surface area contributed by atoms with Gasteiger partial charge in [-0.3, -0.25) is 0 Å². The van der Waals surface area contributed by atoms with Crippen molar-refractivity contribution < 1.29 is 13.2 Å². The van der Waals surface area contributed by atoms with Crippen LogP contribution in [0.3, 0.4) is 0 Å². The summed E-state index contributed by atoms with van der Waals surface area (Å²) >= 11 is 0. The van der Waals surface area contributed by atoms with Crippen molar-refractivity contribution in [1.29, 1.82) is 0 Å². The van der Waals surface area contributed by atoms with Gasteiger partial charge >= 0.3 is 6.18 Å². The average molecular weight is 253 g/mol. The van der Waals surface area contributed by atoms with Crippen molar-refractivity contribution in [2.75, 3.05) is 6.54 Å². The van der Waals surface area contributed by atoms with E-state index in [-0.39, 0.29) is 17.5 Å². The van der Waals surface area contributed by atoms with E-state index in [0.717, 1.165) is 6.42 Å². The van der Waals surface area contributed by atoms with Crippen molar-refractivity contribution in [2.45, 2.75) is 66.6 Å². The van der Waals surface area contributed by atoms with Crippen LogP contribution in [0.1, 0.15) is 54.9 Å². The van der Waals surface area contributed by atoms with Crippen LogP contribution in [-0.4, -0.2) is 18.3 Å². The zero-order chi connectivity index (χ0) is 14.1. The van der Waals surface area contributed by atoms with Gasteiger partial charge in [0.15, 0.2) is 0 Å². The molecule has 0 radical (unpaired) electrons. The van der Waals surface area contributed by atoms with E-state index in [2.05, 4.69) is 26.1 Å². The maximum atomic E-state index is 12.7. The fourth-order valence-electron chi connectivity index (χ4n) is 1.95. The third-order valence-electron chi connectivity index (χ3n) is 2.75. The van der Waals surface area contributed by atoms with Crippen LogP contribution in [0.4, 0.5) is 13.2 Å². The number of halogens is 3. The van der Waals surface area contributed by atoms with Crippen molar-refractivity contribution in [3.8, 4) is 0 Å². The number of nitrogens with one attached hydrogen (secondary N) is 1. The first-order chi connectivity index (χ1) is 7.16. The van der Waals surface area contributed by atoms with Crippen LogP contribution < -0.4 is 5.32 Å². The summed E-state index contributed by atoms with van der Waals surface area (Å²) in [7, 11) is 0. The minimum absolute atomic E-state index is 0.0560. The molecule has 0 fully saturated rings. The van der Waals surface area contributed by atoms with E-state index in [1.165, 1.54) is 13.8 Å². The molecule has 0 saturated carbocycles. The standard InChI is InChI=1S/C13H26F3N/c1-10(2,3)8-12(6,7)17-9-11(4,5)13(14,15)16/h17H,8-9H2,1-7H3. The molecule has 0 heterocycles. The topological polar surface area (TPSA) is 12.0 Å². The van der Waals surface area contributed by atoms with E-state index in [1.807, 2.05) is 13.8 Å². The van der Waals surface area contributed by atoms with Gasteiger partial charge in [0, 0.05) is 12.1 Å². The van der Waals surface area contributed by atoms with Crippen LogP contribution in [0.25, 0.3) is 0 Å². The zero-order valence-electron chi connectivity index (χ0n) is 12.0. The number of alkyl halides is 3. The lowest BCUT2D eigenvalue weighted by atomic mass is 9.81. The van der Waals surface area contributed by atoms with Gasteiger partial charge in [0.05, 0.1) is 5.41 Å². The van der Waals surface area contributed by atoms with Crippen molar-refractivity contribution in [3.05, 3.63) is 0 Å². The van der Waals surface area contributed by atoms with E-state index in [4.69, 9.17) is 0 Å². The summed E-state index contributed by atoms with van der Waals surface area (Å²) in [6, 6.07) is 0. The quantitative estimate of drug-likeness (QED) is 0.784. The van der Waals surface area contributed by atoms with E-state index in [9.17, 15) is 13.2 Å². The van der Waals surface area contributed by atoms with Crippen LogP contribution >= 0.6 is 0 Å². The van der Waals surface area contributed by atoms with Crippen LogP contribution in [0.5, 0.6) is 0 Å². The van der Waals surface area contributed by atoms with E-state index >= 15 is 0 Å². The molecule has 0 saturated heterocycles. The normalized spacial score (nSPS) is 15.2. The maximum absolute atomic E-state index is 12.7. The second kappa shape index (κ2) is 4.79. The van der Waals surface area contributed by atoms with Gasteiger partial charge in [-0.25, -0.2) is 0 Å². The van der Waals surface area contributed by atoms with Gasteiger partial charge in [-0.1, -0.05) is 20.8 Å². The maximum Gasteiger partial charge on any atom is 0.395 e. The highest BCUT2D eigenvalue weighted by Crippen LogP contribution is 2.37. The Balaban J connectivity index is 4.47. The van der Waals surface area contributed by atoms with Crippen LogP contribution in [-0.2, 0) is 0 Å². The Bertz CT molecular complexity index is 246. The minimum atomic E-state index is -4.17. The third-order valence-corrected chi connectivity index (χ3v) is 2.75. The van der Waals surface area contributed by atoms with Crippen molar-refractivity contribution >= 4 is 0 Å². The smallest absolute Gasteiger partial charge is 0.311 e. The molecule has 17 heavy (non-hydrogen) atoms. The van der Waals surface area contributed by atoms with Crippen LogP contribution in [0.15, 0.2) is 0 Å². The number of hydrogen-bond acceptors (Lipinski definition) is 1. The summed E-state index contributed by atoms with van der Waals surface area (Å²) in [6.07, 6.45) is -3.34. The predicted octanol–water partition coefficient (Wildman–Crippen LogP) is 4.38. The third kappa shape index (κ3) is 6.29. The second-order valence-corrected chi connectivity index (χ2v) is 7.36. The molecule has 0 aliphatic heterocycles. The molecule has 0 rings (SSSR count). The van der Waals surface area contributed by atoms with Gasteiger partial charge in [0.2, 0.25) is 0 Å². The predicted molar refractivity (Wildman–Crippen MR) is 66.0 cm³/mol. The molecule has 1 N–H and O–H groups in total. The molecule has 0 bridgehead atoms. The highest BCUT2D eigenvalue weighted by atomic mass is 19.4. The fraction of sp³-hybridized carbons (Fsp3) is 1.00. The zero-order valence-corrected chi connectivity index (χ0v) is 12.0. The van der Waals surface area contributed by atoms with Crippen LogP contribution in [0.2, 0.25) is 0 Å². The Hall–Kier alpha value is -0.250. The first kappa shape index (κ1) is 16.8. The molecule has 0 aromatic rings. The SMILES string of the molecule is CC(C)(C)CC(C)(C)NCC(C)(C)C(F)(F)F. The number of hydrogen-bond donors (Lipinski definition) is 1. The molecule has 0 spiro atoms. The van der Waals surface area contributed by atoms with Crippen molar-refractivity contribution in [2.24, 2.45) is 10.8 Å². The Morgan fingerprint density at radius 3 is 1.53 bits per heavy atom. The average Bonchev–Trinajstić information content (AvgIpc) is 1.94. The lowest BCUT2D eigenvalue weighted by Gasteiger charge is -2.37. The molecule has 104 valence electrons. The lowest BCUT2D eigenvalue weighted by Crippen LogP contribution is -2.50. The molecule has 0 aromatic carbocycles. The van der Waals surface area contributed by atoms with E-state index < -0.39 is 11.6 Å². The molecule has 0 atom stereocenters. The van der Waals surface area contributed by atoms with Gasteiger partial charge in [0.1, 0.15) is 0 Å². The first-order valence-electron chi connectivity index (χ1n) is 5.98. The summed E-state index contributed by atoms with van der Waals surface area (Å²) in [5.74, 6) is 0. The summed E-state index contributed by atoms with van der Waals surface area (Å²) in [5.41, 5.74) is -1.89. The molecule has 4 heteroatoms.